The molecule has 1 N–H and O–H groups in total. The standard InChI is InChI=1S/C14H22ClNO2S/c1-4-19(17,18)13-8-6-5-7-12(13)16-11-14(2,3)9-10-15/h5-8,16H,4,9-11H2,1-3H3. The zero-order valence-corrected chi connectivity index (χ0v) is 13.3. The Morgan fingerprint density at radius 1 is 1.26 bits per heavy atom. The molecule has 0 aliphatic rings. The summed E-state index contributed by atoms with van der Waals surface area (Å²) in [4.78, 5) is 0.374. The molecule has 0 aliphatic carbocycles. The van der Waals surface area contributed by atoms with Crippen LogP contribution in [0.25, 0.3) is 0 Å². The van der Waals surface area contributed by atoms with Crippen LogP contribution in [0.4, 0.5) is 5.69 Å². The third kappa shape index (κ3) is 4.69. The Morgan fingerprint density at radius 2 is 1.89 bits per heavy atom. The molecule has 0 saturated carbocycles. The van der Waals surface area contributed by atoms with Gasteiger partial charge in [0, 0.05) is 12.4 Å². The van der Waals surface area contributed by atoms with Crippen LogP contribution in [0.2, 0.25) is 0 Å². The maximum atomic E-state index is 12.0. The third-order valence-corrected chi connectivity index (χ3v) is 5.11. The maximum Gasteiger partial charge on any atom is 0.180 e. The summed E-state index contributed by atoms with van der Waals surface area (Å²) in [7, 11) is -3.20. The molecule has 3 nitrogen and oxygen atoms in total. The van der Waals surface area contributed by atoms with Crippen LogP contribution < -0.4 is 5.32 Å². The lowest BCUT2D eigenvalue weighted by atomic mass is 9.90. The smallest absolute Gasteiger partial charge is 0.180 e. The second kappa shape index (κ2) is 6.62. The predicted octanol–water partition coefficient (Wildman–Crippen LogP) is 3.55. The number of alkyl halides is 1. The molecule has 1 rings (SSSR count). The molecular formula is C14H22ClNO2S. The highest BCUT2D eigenvalue weighted by Gasteiger charge is 2.20. The molecule has 0 heterocycles. The highest BCUT2D eigenvalue weighted by atomic mass is 35.5. The van der Waals surface area contributed by atoms with E-state index in [4.69, 9.17) is 11.6 Å². The summed E-state index contributed by atoms with van der Waals surface area (Å²) < 4.78 is 24.0. The van der Waals surface area contributed by atoms with E-state index in [2.05, 4.69) is 19.2 Å². The molecule has 0 saturated heterocycles. The van der Waals surface area contributed by atoms with E-state index in [1.807, 2.05) is 6.07 Å². The van der Waals surface area contributed by atoms with Crippen LogP contribution >= 0.6 is 11.6 Å². The normalized spacial score (nSPS) is 12.4. The summed E-state index contributed by atoms with van der Waals surface area (Å²) in [5, 5.41) is 3.24. The Morgan fingerprint density at radius 3 is 2.47 bits per heavy atom. The highest BCUT2D eigenvalue weighted by Crippen LogP contribution is 2.26. The predicted molar refractivity (Wildman–Crippen MR) is 81.8 cm³/mol. The lowest BCUT2D eigenvalue weighted by Crippen LogP contribution is -2.24. The van der Waals surface area contributed by atoms with Crippen LogP contribution in [-0.2, 0) is 9.84 Å². The van der Waals surface area contributed by atoms with E-state index in [1.54, 1.807) is 25.1 Å². The lowest BCUT2D eigenvalue weighted by molar-refractivity contribution is 0.379. The molecule has 1 aromatic carbocycles. The lowest BCUT2D eigenvalue weighted by Gasteiger charge is -2.25. The second-order valence-electron chi connectivity index (χ2n) is 5.36. The first kappa shape index (κ1) is 16.3. The van der Waals surface area contributed by atoms with Crippen LogP contribution in [0.3, 0.4) is 0 Å². The molecular weight excluding hydrogens is 282 g/mol. The summed E-state index contributed by atoms with van der Waals surface area (Å²) in [6.07, 6.45) is 0.879. The highest BCUT2D eigenvalue weighted by molar-refractivity contribution is 7.91. The van der Waals surface area contributed by atoms with Crippen LogP contribution in [-0.4, -0.2) is 26.6 Å². The van der Waals surface area contributed by atoms with Gasteiger partial charge in [-0.05, 0) is 24.0 Å². The Labute approximate surface area is 121 Å². The topological polar surface area (TPSA) is 46.2 Å². The first-order valence-electron chi connectivity index (χ1n) is 6.44. The minimum atomic E-state index is -3.20. The summed E-state index contributed by atoms with van der Waals surface area (Å²) in [5.74, 6) is 0.709. The number of benzene rings is 1. The Hall–Kier alpha value is -0.740. The van der Waals surface area contributed by atoms with E-state index in [1.165, 1.54) is 0 Å². The van der Waals surface area contributed by atoms with Gasteiger partial charge in [-0.25, -0.2) is 8.42 Å². The van der Waals surface area contributed by atoms with Gasteiger partial charge >= 0.3 is 0 Å². The molecule has 0 aliphatic heterocycles. The van der Waals surface area contributed by atoms with Gasteiger partial charge in [0.15, 0.2) is 9.84 Å². The molecule has 0 amide bonds. The largest absolute Gasteiger partial charge is 0.383 e. The zero-order chi connectivity index (χ0) is 14.5. The number of nitrogens with one attached hydrogen (secondary N) is 1. The number of hydrogen-bond donors (Lipinski definition) is 1. The number of rotatable bonds is 7. The Bertz CT molecular complexity index is 512. The van der Waals surface area contributed by atoms with E-state index in [0.29, 0.717) is 23.0 Å². The summed E-state index contributed by atoms with van der Waals surface area (Å²) in [5.41, 5.74) is 0.706. The van der Waals surface area contributed by atoms with Crippen molar-refractivity contribution in [3.63, 3.8) is 0 Å². The van der Waals surface area contributed by atoms with Crippen molar-refractivity contribution in [1.29, 1.82) is 0 Å². The van der Waals surface area contributed by atoms with E-state index in [9.17, 15) is 8.42 Å². The first-order chi connectivity index (χ1) is 8.82. The first-order valence-corrected chi connectivity index (χ1v) is 8.63. The minimum Gasteiger partial charge on any atom is -0.383 e. The fourth-order valence-corrected chi connectivity index (χ4v) is 3.30. The van der Waals surface area contributed by atoms with Gasteiger partial charge in [-0.2, -0.15) is 0 Å². The molecule has 0 fully saturated rings. The van der Waals surface area contributed by atoms with Gasteiger partial charge in [-0.1, -0.05) is 32.9 Å². The van der Waals surface area contributed by atoms with Crippen molar-refractivity contribution in [3.8, 4) is 0 Å². The van der Waals surface area contributed by atoms with Crippen LogP contribution in [0.1, 0.15) is 27.2 Å². The van der Waals surface area contributed by atoms with E-state index in [0.717, 1.165) is 6.42 Å². The second-order valence-corrected chi connectivity index (χ2v) is 7.98. The van der Waals surface area contributed by atoms with Crippen molar-refractivity contribution in [3.05, 3.63) is 24.3 Å². The molecule has 1 aromatic rings. The number of hydrogen-bond acceptors (Lipinski definition) is 3. The van der Waals surface area contributed by atoms with Gasteiger partial charge in [-0.15, -0.1) is 11.6 Å². The van der Waals surface area contributed by atoms with Gasteiger partial charge < -0.3 is 5.32 Å². The van der Waals surface area contributed by atoms with Gasteiger partial charge in [0.25, 0.3) is 0 Å². The molecule has 19 heavy (non-hydrogen) atoms. The average Bonchev–Trinajstić information content (AvgIpc) is 2.37. The monoisotopic (exact) mass is 303 g/mol. The SMILES string of the molecule is CCS(=O)(=O)c1ccccc1NCC(C)(C)CCCl. The third-order valence-electron chi connectivity index (χ3n) is 3.13. The molecule has 0 radical (unpaired) electrons. The van der Waals surface area contributed by atoms with Gasteiger partial charge in [-0.3, -0.25) is 0 Å². The van der Waals surface area contributed by atoms with Crippen molar-refractivity contribution in [2.24, 2.45) is 5.41 Å². The fourth-order valence-electron chi connectivity index (χ4n) is 1.72. The number of sulfone groups is 1. The van der Waals surface area contributed by atoms with Crippen LogP contribution in [0.5, 0.6) is 0 Å². The van der Waals surface area contributed by atoms with Crippen LogP contribution in [0, 0.1) is 5.41 Å². The van der Waals surface area contributed by atoms with Gasteiger partial charge in [0.2, 0.25) is 0 Å². The number of para-hydroxylation sites is 1. The van der Waals surface area contributed by atoms with Crippen LogP contribution in [0.15, 0.2) is 29.2 Å². The average molecular weight is 304 g/mol. The molecule has 0 unspecified atom stereocenters. The van der Waals surface area contributed by atoms with E-state index in [-0.39, 0.29) is 11.2 Å². The zero-order valence-electron chi connectivity index (χ0n) is 11.7. The summed E-state index contributed by atoms with van der Waals surface area (Å²) >= 11 is 5.77. The molecule has 108 valence electrons. The molecule has 5 heteroatoms. The minimum absolute atomic E-state index is 0.0326. The molecule has 0 spiro atoms. The van der Waals surface area contributed by atoms with Crippen molar-refractivity contribution >= 4 is 27.1 Å². The van der Waals surface area contributed by atoms with Crippen molar-refractivity contribution in [1.82, 2.24) is 0 Å². The number of halogens is 1. The quantitative estimate of drug-likeness (QED) is 0.784. The fraction of sp³-hybridized carbons (Fsp3) is 0.571. The van der Waals surface area contributed by atoms with Gasteiger partial charge in [0.05, 0.1) is 16.3 Å². The summed E-state index contributed by atoms with van der Waals surface area (Å²) in [6.45, 7) is 6.57. The van der Waals surface area contributed by atoms with E-state index >= 15 is 0 Å². The van der Waals surface area contributed by atoms with Crippen molar-refractivity contribution < 1.29 is 8.42 Å². The van der Waals surface area contributed by atoms with Crippen molar-refractivity contribution in [2.75, 3.05) is 23.5 Å². The van der Waals surface area contributed by atoms with E-state index < -0.39 is 9.84 Å². The Kier molecular flexibility index (Phi) is 5.68. The molecule has 0 aromatic heterocycles. The Balaban J connectivity index is 2.91. The molecule has 0 bridgehead atoms. The summed E-state index contributed by atoms with van der Waals surface area (Å²) in [6, 6.07) is 7.04. The van der Waals surface area contributed by atoms with Gasteiger partial charge in [0.1, 0.15) is 0 Å². The van der Waals surface area contributed by atoms with Crippen molar-refractivity contribution in [2.45, 2.75) is 32.1 Å². The number of anilines is 1. The maximum absolute atomic E-state index is 12.0. The molecule has 0 atom stereocenters.